The number of methoxy groups -OCH3 is 2. The monoisotopic (exact) mass is 697 g/mol. The van der Waals surface area contributed by atoms with Gasteiger partial charge in [-0.05, 0) is 79.7 Å². The molecule has 14 heteroatoms. The van der Waals surface area contributed by atoms with Crippen LogP contribution in [0, 0.1) is 18.6 Å². The molecule has 0 spiro atoms. The van der Waals surface area contributed by atoms with Crippen LogP contribution in [-0.4, -0.2) is 41.7 Å². The normalized spacial score (nSPS) is 11.1. The Morgan fingerprint density at radius 2 is 1.09 bits per heavy atom. The molecule has 2 heterocycles. The van der Waals surface area contributed by atoms with Crippen molar-refractivity contribution >= 4 is 33.2 Å². The topological polar surface area (TPSA) is 114 Å². The molecule has 2 aromatic heterocycles. The van der Waals surface area contributed by atoms with Crippen molar-refractivity contribution in [1.82, 2.24) is 19.1 Å². The molecule has 4 aromatic carbocycles. The van der Waals surface area contributed by atoms with Gasteiger partial charge in [0.2, 0.25) is 10.0 Å². The Morgan fingerprint density at radius 3 is 1.45 bits per heavy atom. The summed E-state index contributed by atoms with van der Waals surface area (Å²) in [7, 11) is -0.977. The number of hydrogen-bond donors (Lipinski definition) is 1. The number of imidazole rings is 2. The highest BCUT2D eigenvalue weighted by Crippen LogP contribution is 2.34. The van der Waals surface area contributed by atoms with E-state index in [1.165, 1.54) is 50.9 Å². The third-order valence-corrected chi connectivity index (χ3v) is 8.53. The van der Waals surface area contributed by atoms with E-state index in [9.17, 15) is 17.2 Å². The number of nitrogens with zero attached hydrogens (tertiary/aromatic N) is 4. The van der Waals surface area contributed by atoms with Crippen molar-refractivity contribution in [3.05, 3.63) is 125 Å². The molecule has 0 aliphatic carbocycles. The summed E-state index contributed by atoms with van der Waals surface area (Å²) in [4.78, 5) is 8.17. The van der Waals surface area contributed by atoms with Gasteiger partial charge in [0, 0.05) is 22.5 Å². The van der Waals surface area contributed by atoms with Gasteiger partial charge in [0.15, 0.2) is 33.4 Å². The first-order valence-electron chi connectivity index (χ1n) is 13.7. The zero-order valence-corrected chi connectivity index (χ0v) is 27.5. The lowest BCUT2D eigenvalue weighted by Gasteiger charge is -2.11. The summed E-state index contributed by atoms with van der Waals surface area (Å²) in [6.07, 6.45) is 3.09. The number of nitrogens with two attached hydrogens (primary N) is 1. The summed E-state index contributed by atoms with van der Waals surface area (Å²) in [5, 5.41) is 5.60. The molecule has 0 radical (unpaired) electrons. The summed E-state index contributed by atoms with van der Waals surface area (Å²) < 4.78 is 64.0. The second-order valence-electron chi connectivity index (χ2n) is 10.1. The maximum absolute atomic E-state index is 14.0. The second-order valence-corrected chi connectivity index (χ2v) is 12.4. The van der Waals surface area contributed by atoms with E-state index in [4.69, 9.17) is 37.8 Å². The first kappa shape index (κ1) is 33.6. The maximum Gasteiger partial charge on any atom is 0.238 e. The quantitative estimate of drug-likeness (QED) is 0.183. The summed E-state index contributed by atoms with van der Waals surface area (Å²) >= 11 is 12.4. The third kappa shape index (κ3) is 7.31. The minimum Gasteiger partial charge on any atom is -0.494 e. The smallest absolute Gasteiger partial charge is 0.238 e. The number of aryl methyl sites for hydroxylation is 1. The van der Waals surface area contributed by atoms with Crippen molar-refractivity contribution in [3.63, 3.8) is 0 Å². The fourth-order valence-corrected chi connectivity index (χ4v) is 5.69. The van der Waals surface area contributed by atoms with Gasteiger partial charge in [-0.15, -0.1) is 0 Å². The molecule has 0 saturated heterocycles. The number of halogens is 4. The summed E-state index contributed by atoms with van der Waals surface area (Å²) in [5.74, 6) is -0.661. The van der Waals surface area contributed by atoms with E-state index in [2.05, 4.69) is 9.97 Å². The Hall–Kier alpha value is -4.75. The van der Waals surface area contributed by atoms with Crippen LogP contribution in [0.4, 0.5) is 8.78 Å². The van der Waals surface area contributed by atoms with Crippen LogP contribution in [0.25, 0.3) is 33.9 Å². The van der Waals surface area contributed by atoms with Gasteiger partial charge in [-0.25, -0.2) is 32.3 Å². The van der Waals surface area contributed by atoms with Gasteiger partial charge < -0.3 is 9.47 Å². The lowest BCUT2D eigenvalue weighted by Crippen LogP contribution is -2.12. The average molecular weight is 699 g/mol. The van der Waals surface area contributed by atoms with Crippen LogP contribution in [0.3, 0.4) is 0 Å². The molecule has 242 valence electrons. The second kappa shape index (κ2) is 13.9. The SMILES string of the molecule is COc1ccc(-c2c(Cl)ncn2-c2ccc(C)cc2)cc1F.COc1ccc(-c2c(Cl)ncn2-c2ccc(S(N)(=O)=O)cc2)cc1F. The number of rotatable bonds is 7. The lowest BCUT2D eigenvalue weighted by molar-refractivity contribution is 0.386. The van der Waals surface area contributed by atoms with Crippen LogP contribution in [0.5, 0.6) is 11.5 Å². The van der Waals surface area contributed by atoms with Crippen LogP contribution < -0.4 is 14.6 Å². The predicted octanol–water partition coefficient (Wildman–Crippen LogP) is 7.64. The standard InChI is InChI=1S/C17H14ClFN2O.C16H13ClFN3O3S/c1-11-3-6-13(7-4-11)21-10-20-17(18)16(21)12-5-8-15(22-2)14(19)9-12;1-24-14-7-2-10(8-13(14)18)15-16(17)20-9-21(15)11-3-5-12(6-4-11)25(19,22)23/h3-10H,1-2H3;2-9H,1H3,(H2,19,22,23). The van der Waals surface area contributed by atoms with E-state index in [1.807, 2.05) is 35.8 Å². The van der Waals surface area contributed by atoms with E-state index in [0.29, 0.717) is 33.4 Å². The molecular formula is C33H27Cl2F2N5O4S. The number of aromatic nitrogens is 4. The summed E-state index contributed by atoms with van der Waals surface area (Å²) in [6.45, 7) is 2.02. The average Bonchev–Trinajstić information content (AvgIpc) is 3.63. The number of primary sulfonamides is 1. The molecular weight excluding hydrogens is 671 g/mol. The van der Waals surface area contributed by atoms with Crippen molar-refractivity contribution in [1.29, 1.82) is 0 Å². The molecule has 2 N–H and O–H groups in total. The van der Waals surface area contributed by atoms with Crippen molar-refractivity contribution < 1.29 is 26.7 Å². The van der Waals surface area contributed by atoms with E-state index in [1.54, 1.807) is 41.2 Å². The lowest BCUT2D eigenvalue weighted by atomic mass is 10.1. The fourth-order valence-electron chi connectivity index (χ4n) is 4.69. The first-order chi connectivity index (χ1) is 22.4. The first-order valence-corrected chi connectivity index (χ1v) is 16.0. The number of hydrogen-bond acceptors (Lipinski definition) is 6. The zero-order valence-electron chi connectivity index (χ0n) is 25.2. The highest BCUT2D eigenvalue weighted by atomic mass is 35.5. The van der Waals surface area contributed by atoms with Crippen molar-refractivity contribution in [3.8, 4) is 45.4 Å². The molecule has 0 bridgehead atoms. The number of sulfonamides is 1. The van der Waals surface area contributed by atoms with Gasteiger partial charge in [-0.1, -0.05) is 40.9 Å². The van der Waals surface area contributed by atoms with Crippen molar-refractivity contribution in [2.75, 3.05) is 14.2 Å². The molecule has 0 aliphatic rings. The molecule has 9 nitrogen and oxygen atoms in total. The molecule has 0 aliphatic heterocycles. The highest BCUT2D eigenvalue weighted by molar-refractivity contribution is 7.89. The number of benzene rings is 4. The molecule has 0 amide bonds. The Labute approximate surface area is 279 Å². The van der Waals surface area contributed by atoms with Gasteiger partial charge in [-0.2, -0.15) is 0 Å². The highest BCUT2D eigenvalue weighted by Gasteiger charge is 2.17. The molecule has 47 heavy (non-hydrogen) atoms. The Morgan fingerprint density at radius 1 is 0.681 bits per heavy atom. The fraction of sp³-hybridized carbons (Fsp3) is 0.0909. The molecule has 0 atom stereocenters. The van der Waals surface area contributed by atoms with E-state index >= 15 is 0 Å². The van der Waals surface area contributed by atoms with Crippen LogP contribution in [0.15, 0.2) is 102 Å². The van der Waals surface area contributed by atoms with Gasteiger partial charge >= 0.3 is 0 Å². The molecule has 6 aromatic rings. The molecule has 0 fully saturated rings. The van der Waals surface area contributed by atoms with E-state index in [0.717, 1.165) is 11.3 Å². The van der Waals surface area contributed by atoms with Crippen LogP contribution in [0.2, 0.25) is 10.3 Å². The largest absolute Gasteiger partial charge is 0.494 e. The van der Waals surface area contributed by atoms with Gasteiger partial charge in [0.05, 0.1) is 30.5 Å². The summed E-state index contributed by atoms with van der Waals surface area (Å²) in [5.41, 5.74) is 4.91. The van der Waals surface area contributed by atoms with E-state index in [-0.39, 0.29) is 21.5 Å². The Balaban J connectivity index is 0.000000186. The van der Waals surface area contributed by atoms with Crippen LogP contribution in [-0.2, 0) is 10.0 Å². The summed E-state index contributed by atoms with van der Waals surface area (Å²) in [6, 6.07) is 23.0. The van der Waals surface area contributed by atoms with Crippen LogP contribution >= 0.6 is 23.2 Å². The Bertz CT molecular complexity index is 2150. The third-order valence-electron chi connectivity index (χ3n) is 7.05. The molecule has 0 saturated carbocycles. The predicted molar refractivity (Wildman–Crippen MR) is 177 cm³/mol. The Kier molecular flexibility index (Phi) is 9.96. The van der Waals surface area contributed by atoms with Gasteiger partial charge in [0.25, 0.3) is 0 Å². The zero-order chi connectivity index (χ0) is 33.9. The molecule has 6 rings (SSSR count). The minimum atomic E-state index is -3.79. The van der Waals surface area contributed by atoms with Crippen molar-refractivity contribution in [2.24, 2.45) is 5.14 Å². The van der Waals surface area contributed by atoms with E-state index < -0.39 is 21.7 Å². The number of ether oxygens (including phenoxy) is 2. The van der Waals surface area contributed by atoms with Crippen molar-refractivity contribution in [2.45, 2.75) is 11.8 Å². The van der Waals surface area contributed by atoms with Gasteiger partial charge in [-0.3, -0.25) is 9.13 Å². The van der Waals surface area contributed by atoms with Gasteiger partial charge in [0.1, 0.15) is 12.7 Å². The maximum atomic E-state index is 14.0. The minimum absolute atomic E-state index is 0.0143. The molecule has 0 unspecified atom stereocenters. The van der Waals surface area contributed by atoms with Crippen LogP contribution in [0.1, 0.15) is 5.56 Å².